The molecule has 14 heavy (non-hydrogen) atoms. The number of aryl methyl sites for hydroxylation is 1. The normalized spacial score (nSPS) is 10.6. The van der Waals surface area contributed by atoms with Crippen molar-refractivity contribution in [2.24, 2.45) is 0 Å². The van der Waals surface area contributed by atoms with Crippen LogP contribution in [0.1, 0.15) is 25.8 Å². The van der Waals surface area contributed by atoms with Gasteiger partial charge in [-0.3, -0.25) is 4.98 Å². The minimum absolute atomic E-state index is 0.211. The highest BCUT2D eigenvalue weighted by molar-refractivity contribution is 9.09. The van der Waals surface area contributed by atoms with Crippen molar-refractivity contribution in [3.63, 3.8) is 0 Å². The van der Waals surface area contributed by atoms with Gasteiger partial charge in [-0.25, -0.2) is 0 Å². The molecule has 0 atom stereocenters. The molecule has 3 heteroatoms. The van der Waals surface area contributed by atoms with Gasteiger partial charge in [-0.15, -0.1) is 0 Å². The Morgan fingerprint density at radius 2 is 2.21 bits per heavy atom. The smallest absolute Gasteiger partial charge is 0.138 e. The van der Waals surface area contributed by atoms with Crippen molar-refractivity contribution in [2.75, 3.05) is 5.33 Å². The number of pyridine rings is 1. The Kier molecular flexibility index (Phi) is 4.94. The average Bonchev–Trinajstić information content (AvgIpc) is 2.14. The molecule has 1 aromatic heterocycles. The molecular formula is C11H16BrNO. The Morgan fingerprint density at radius 1 is 1.43 bits per heavy atom. The zero-order valence-corrected chi connectivity index (χ0v) is 10.3. The Hall–Kier alpha value is -0.570. The van der Waals surface area contributed by atoms with E-state index in [1.54, 1.807) is 6.20 Å². The van der Waals surface area contributed by atoms with E-state index in [1.807, 2.05) is 20.0 Å². The highest BCUT2D eigenvalue weighted by atomic mass is 79.9. The van der Waals surface area contributed by atoms with Crippen LogP contribution in [0.4, 0.5) is 0 Å². The van der Waals surface area contributed by atoms with Gasteiger partial charge >= 0.3 is 0 Å². The van der Waals surface area contributed by atoms with Crippen LogP contribution in [0.15, 0.2) is 18.5 Å². The van der Waals surface area contributed by atoms with Gasteiger partial charge in [0.25, 0.3) is 0 Å². The van der Waals surface area contributed by atoms with Crippen molar-refractivity contribution in [2.45, 2.75) is 32.8 Å². The van der Waals surface area contributed by atoms with Crippen LogP contribution < -0.4 is 4.74 Å². The second-order valence-electron chi connectivity index (χ2n) is 3.49. The van der Waals surface area contributed by atoms with Gasteiger partial charge in [0.2, 0.25) is 0 Å². The Bertz CT molecular complexity index is 276. The largest absolute Gasteiger partial charge is 0.489 e. The maximum atomic E-state index is 5.56. The van der Waals surface area contributed by atoms with Gasteiger partial charge in [-0.2, -0.15) is 0 Å². The molecule has 0 spiro atoms. The summed E-state index contributed by atoms with van der Waals surface area (Å²) in [6.45, 7) is 4.04. The summed E-state index contributed by atoms with van der Waals surface area (Å²) < 4.78 is 5.56. The fourth-order valence-corrected chi connectivity index (χ4v) is 1.49. The number of rotatable bonds is 5. The van der Waals surface area contributed by atoms with E-state index in [4.69, 9.17) is 4.74 Å². The number of ether oxygens (including phenoxy) is 1. The van der Waals surface area contributed by atoms with E-state index in [1.165, 1.54) is 5.56 Å². The molecule has 1 heterocycles. The second kappa shape index (κ2) is 6.02. The van der Waals surface area contributed by atoms with Crippen LogP contribution in [0.5, 0.6) is 5.75 Å². The topological polar surface area (TPSA) is 22.1 Å². The molecule has 0 unspecified atom stereocenters. The summed E-state index contributed by atoms with van der Waals surface area (Å²) >= 11 is 3.41. The van der Waals surface area contributed by atoms with Crippen molar-refractivity contribution in [3.8, 4) is 5.75 Å². The lowest BCUT2D eigenvalue weighted by Gasteiger charge is -2.09. The highest BCUT2D eigenvalue weighted by Crippen LogP contribution is 2.14. The maximum absolute atomic E-state index is 5.56. The zero-order valence-electron chi connectivity index (χ0n) is 8.66. The summed E-state index contributed by atoms with van der Waals surface area (Å²) in [5.74, 6) is 0.868. The number of alkyl halides is 1. The molecule has 1 aromatic rings. The summed E-state index contributed by atoms with van der Waals surface area (Å²) in [6, 6.07) is 2.07. The molecule has 0 aliphatic carbocycles. The van der Waals surface area contributed by atoms with E-state index >= 15 is 0 Å². The molecule has 0 saturated heterocycles. The predicted octanol–water partition coefficient (Wildman–Crippen LogP) is 3.20. The molecule has 0 fully saturated rings. The second-order valence-corrected chi connectivity index (χ2v) is 4.28. The first-order chi connectivity index (χ1) is 6.72. The van der Waals surface area contributed by atoms with Crippen LogP contribution in [0.2, 0.25) is 0 Å². The summed E-state index contributed by atoms with van der Waals surface area (Å²) in [7, 11) is 0. The van der Waals surface area contributed by atoms with Crippen molar-refractivity contribution in [1.82, 2.24) is 4.98 Å². The fraction of sp³-hybridized carbons (Fsp3) is 0.545. The summed E-state index contributed by atoms with van der Waals surface area (Å²) in [4.78, 5) is 4.15. The van der Waals surface area contributed by atoms with Crippen LogP contribution >= 0.6 is 15.9 Å². The monoisotopic (exact) mass is 257 g/mol. The molecule has 0 bridgehead atoms. The number of aromatic nitrogens is 1. The van der Waals surface area contributed by atoms with E-state index < -0.39 is 0 Å². The standard InChI is InChI=1S/C11H16BrNO/c1-9(2)14-11-6-10(4-3-5-12)7-13-8-11/h6-9H,3-5H2,1-2H3. The Morgan fingerprint density at radius 3 is 2.86 bits per heavy atom. The van der Waals surface area contributed by atoms with Crippen molar-refractivity contribution >= 4 is 15.9 Å². The van der Waals surface area contributed by atoms with E-state index in [-0.39, 0.29) is 6.10 Å². The highest BCUT2D eigenvalue weighted by Gasteiger charge is 1.99. The minimum atomic E-state index is 0.211. The molecule has 78 valence electrons. The van der Waals surface area contributed by atoms with Crippen LogP contribution in [-0.2, 0) is 6.42 Å². The van der Waals surface area contributed by atoms with Crippen molar-refractivity contribution in [3.05, 3.63) is 24.0 Å². The van der Waals surface area contributed by atoms with Crippen molar-refractivity contribution in [1.29, 1.82) is 0 Å². The van der Waals surface area contributed by atoms with E-state index in [0.717, 1.165) is 23.9 Å². The van der Waals surface area contributed by atoms with Gasteiger partial charge < -0.3 is 4.74 Å². The fourth-order valence-electron chi connectivity index (χ4n) is 1.21. The molecule has 0 aromatic carbocycles. The summed E-state index contributed by atoms with van der Waals surface area (Å²) in [6.07, 6.45) is 6.05. The van der Waals surface area contributed by atoms with Crippen LogP contribution in [-0.4, -0.2) is 16.4 Å². The Balaban J connectivity index is 2.59. The van der Waals surface area contributed by atoms with Crippen molar-refractivity contribution < 1.29 is 4.74 Å². The lowest BCUT2D eigenvalue weighted by molar-refractivity contribution is 0.241. The number of nitrogens with zero attached hydrogens (tertiary/aromatic N) is 1. The van der Waals surface area contributed by atoms with Crippen LogP contribution in [0, 0.1) is 0 Å². The van der Waals surface area contributed by atoms with Crippen LogP contribution in [0.3, 0.4) is 0 Å². The van der Waals surface area contributed by atoms with Gasteiger partial charge in [0, 0.05) is 11.5 Å². The quantitative estimate of drug-likeness (QED) is 0.756. The first-order valence-electron chi connectivity index (χ1n) is 4.89. The molecule has 0 radical (unpaired) electrons. The number of halogens is 1. The average molecular weight is 258 g/mol. The molecule has 1 rings (SSSR count). The number of hydrogen-bond donors (Lipinski definition) is 0. The van der Waals surface area contributed by atoms with Gasteiger partial charge in [0.15, 0.2) is 0 Å². The van der Waals surface area contributed by atoms with Crippen LogP contribution in [0.25, 0.3) is 0 Å². The molecule has 0 amide bonds. The van der Waals surface area contributed by atoms with E-state index in [9.17, 15) is 0 Å². The molecule has 0 saturated carbocycles. The van der Waals surface area contributed by atoms with E-state index in [2.05, 4.69) is 27.0 Å². The van der Waals surface area contributed by atoms with Gasteiger partial charge in [-0.05, 0) is 38.3 Å². The predicted molar refractivity (Wildman–Crippen MR) is 62.1 cm³/mol. The molecule has 0 aliphatic heterocycles. The maximum Gasteiger partial charge on any atom is 0.138 e. The Labute approximate surface area is 93.8 Å². The van der Waals surface area contributed by atoms with Gasteiger partial charge in [0.05, 0.1) is 12.3 Å². The van der Waals surface area contributed by atoms with E-state index in [0.29, 0.717) is 0 Å². The molecule has 0 aliphatic rings. The SMILES string of the molecule is CC(C)Oc1cncc(CCCBr)c1. The van der Waals surface area contributed by atoms with Gasteiger partial charge in [-0.1, -0.05) is 15.9 Å². The first-order valence-corrected chi connectivity index (χ1v) is 6.01. The minimum Gasteiger partial charge on any atom is -0.489 e. The third-order valence-electron chi connectivity index (χ3n) is 1.74. The summed E-state index contributed by atoms with van der Waals surface area (Å²) in [5.41, 5.74) is 1.24. The third-order valence-corrected chi connectivity index (χ3v) is 2.30. The number of hydrogen-bond acceptors (Lipinski definition) is 2. The lowest BCUT2D eigenvalue weighted by atomic mass is 10.2. The lowest BCUT2D eigenvalue weighted by Crippen LogP contribution is -2.06. The molecule has 2 nitrogen and oxygen atoms in total. The first kappa shape index (κ1) is 11.5. The van der Waals surface area contributed by atoms with Gasteiger partial charge in [0.1, 0.15) is 5.75 Å². The molecular weight excluding hydrogens is 242 g/mol. The summed E-state index contributed by atoms with van der Waals surface area (Å²) in [5, 5.41) is 1.03. The third kappa shape index (κ3) is 4.09. The zero-order chi connectivity index (χ0) is 10.4. The molecule has 0 N–H and O–H groups in total.